The molecule has 1 aliphatic carbocycles. The molecule has 92 valence electrons. The van der Waals surface area contributed by atoms with E-state index in [2.05, 4.69) is 17.4 Å². The Morgan fingerprint density at radius 1 is 1.24 bits per heavy atom. The Hall–Kier alpha value is -1.02. The number of benzene rings is 1. The lowest BCUT2D eigenvalue weighted by Gasteiger charge is -2.15. The first-order valence-electron chi connectivity index (χ1n) is 6.79. The number of methoxy groups -OCH3 is 1. The molecule has 1 unspecified atom stereocenters. The Morgan fingerprint density at radius 2 is 2.12 bits per heavy atom. The Balaban J connectivity index is 1.87. The topological polar surface area (TPSA) is 21.3 Å². The van der Waals surface area contributed by atoms with Gasteiger partial charge in [0.1, 0.15) is 5.75 Å². The first-order valence-corrected chi connectivity index (χ1v) is 6.79. The summed E-state index contributed by atoms with van der Waals surface area (Å²) in [5.41, 5.74) is 4.61. The van der Waals surface area contributed by atoms with E-state index in [1.165, 1.54) is 50.6 Å². The minimum Gasteiger partial charge on any atom is -0.496 e. The van der Waals surface area contributed by atoms with E-state index in [0.29, 0.717) is 6.04 Å². The highest BCUT2D eigenvalue weighted by Gasteiger charge is 2.22. The summed E-state index contributed by atoms with van der Waals surface area (Å²) in [5.74, 6) is 1.10. The van der Waals surface area contributed by atoms with Crippen LogP contribution in [0.4, 0.5) is 0 Å². The summed E-state index contributed by atoms with van der Waals surface area (Å²) in [6, 6.07) is 5.14. The minimum atomic E-state index is 0.702. The van der Waals surface area contributed by atoms with Crippen LogP contribution in [0, 0.1) is 0 Å². The van der Waals surface area contributed by atoms with Gasteiger partial charge in [0.05, 0.1) is 7.11 Å². The van der Waals surface area contributed by atoms with Crippen LogP contribution >= 0.6 is 0 Å². The zero-order valence-corrected chi connectivity index (χ0v) is 10.6. The highest BCUT2D eigenvalue weighted by molar-refractivity contribution is 5.48. The van der Waals surface area contributed by atoms with Crippen LogP contribution in [0.5, 0.6) is 5.75 Å². The lowest BCUT2D eigenvalue weighted by atomic mass is 9.96. The molecule has 0 radical (unpaired) electrons. The maximum absolute atomic E-state index is 5.47. The molecule has 1 saturated heterocycles. The van der Waals surface area contributed by atoms with Crippen LogP contribution in [0.15, 0.2) is 12.1 Å². The number of fused-ring (bicyclic) bond motifs is 1. The maximum atomic E-state index is 5.47. The third-order valence-corrected chi connectivity index (χ3v) is 4.19. The number of hydrogen-bond donors (Lipinski definition) is 1. The van der Waals surface area contributed by atoms with Crippen LogP contribution in [0.2, 0.25) is 0 Å². The van der Waals surface area contributed by atoms with Gasteiger partial charge in [0.2, 0.25) is 0 Å². The SMILES string of the molecule is COc1ccc(CC2CCCN2)c2c1CCC2. The molecular weight excluding hydrogens is 210 g/mol. The molecule has 2 nitrogen and oxygen atoms in total. The van der Waals surface area contributed by atoms with Gasteiger partial charge in [-0.05, 0) is 67.8 Å². The van der Waals surface area contributed by atoms with Gasteiger partial charge in [-0.3, -0.25) is 0 Å². The van der Waals surface area contributed by atoms with Crippen LogP contribution in [0.1, 0.15) is 36.0 Å². The lowest BCUT2D eigenvalue weighted by molar-refractivity contribution is 0.410. The second kappa shape index (κ2) is 4.69. The van der Waals surface area contributed by atoms with Crippen molar-refractivity contribution in [2.45, 2.75) is 44.6 Å². The van der Waals surface area contributed by atoms with E-state index in [1.54, 1.807) is 18.2 Å². The van der Waals surface area contributed by atoms with Gasteiger partial charge < -0.3 is 10.1 Å². The van der Waals surface area contributed by atoms with Gasteiger partial charge in [-0.2, -0.15) is 0 Å². The molecule has 1 heterocycles. The van der Waals surface area contributed by atoms with E-state index in [1.807, 2.05) is 0 Å². The van der Waals surface area contributed by atoms with Gasteiger partial charge >= 0.3 is 0 Å². The Labute approximate surface area is 103 Å². The molecule has 2 heteroatoms. The van der Waals surface area contributed by atoms with Crippen molar-refractivity contribution in [1.29, 1.82) is 0 Å². The van der Waals surface area contributed by atoms with Gasteiger partial charge in [0, 0.05) is 6.04 Å². The molecule has 0 aromatic heterocycles. The maximum Gasteiger partial charge on any atom is 0.122 e. The molecule has 0 spiro atoms. The van der Waals surface area contributed by atoms with Crippen LogP contribution in [-0.2, 0) is 19.3 Å². The van der Waals surface area contributed by atoms with E-state index in [-0.39, 0.29) is 0 Å². The molecule has 17 heavy (non-hydrogen) atoms. The molecule has 1 atom stereocenters. The van der Waals surface area contributed by atoms with Gasteiger partial charge in [0.25, 0.3) is 0 Å². The van der Waals surface area contributed by atoms with Crippen molar-refractivity contribution in [1.82, 2.24) is 5.32 Å². The second-order valence-corrected chi connectivity index (χ2v) is 5.24. The minimum absolute atomic E-state index is 0.702. The van der Waals surface area contributed by atoms with Crippen LogP contribution in [0.3, 0.4) is 0 Å². The predicted molar refractivity (Wildman–Crippen MR) is 69.7 cm³/mol. The molecular formula is C15H21NO. The fourth-order valence-corrected chi connectivity index (χ4v) is 3.33. The zero-order valence-electron chi connectivity index (χ0n) is 10.6. The summed E-state index contributed by atoms with van der Waals surface area (Å²) >= 11 is 0. The third kappa shape index (κ3) is 2.06. The van der Waals surface area contributed by atoms with E-state index in [0.717, 1.165) is 5.75 Å². The summed E-state index contributed by atoms with van der Waals surface area (Å²) in [7, 11) is 1.78. The van der Waals surface area contributed by atoms with Crippen LogP contribution < -0.4 is 10.1 Å². The van der Waals surface area contributed by atoms with E-state index in [4.69, 9.17) is 4.74 Å². The number of ether oxygens (including phenoxy) is 1. The molecule has 2 aliphatic rings. The lowest BCUT2D eigenvalue weighted by Crippen LogP contribution is -2.24. The number of hydrogen-bond acceptors (Lipinski definition) is 2. The molecule has 3 rings (SSSR count). The summed E-state index contributed by atoms with van der Waals surface area (Å²) in [5, 5.41) is 3.59. The Morgan fingerprint density at radius 3 is 2.88 bits per heavy atom. The summed E-state index contributed by atoms with van der Waals surface area (Å²) in [4.78, 5) is 0. The first-order chi connectivity index (χ1) is 8.38. The predicted octanol–water partition coefficient (Wildman–Crippen LogP) is 2.48. The highest BCUT2D eigenvalue weighted by atomic mass is 16.5. The van der Waals surface area contributed by atoms with Crippen molar-refractivity contribution in [3.05, 3.63) is 28.8 Å². The van der Waals surface area contributed by atoms with Gasteiger partial charge in [-0.15, -0.1) is 0 Å². The van der Waals surface area contributed by atoms with Gasteiger partial charge in [-0.1, -0.05) is 6.07 Å². The first kappa shape index (κ1) is 11.1. The van der Waals surface area contributed by atoms with Gasteiger partial charge in [0.15, 0.2) is 0 Å². The molecule has 1 fully saturated rings. The molecule has 0 saturated carbocycles. The average Bonchev–Trinajstić information content (AvgIpc) is 2.99. The van der Waals surface area contributed by atoms with Crippen LogP contribution in [-0.4, -0.2) is 19.7 Å². The quantitative estimate of drug-likeness (QED) is 0.863. The van der Waals surface area contributed by atoms with Crippen molar-refractivity contribution in [2.75, 3.05) is 13.7 Å². The molecule has 0 bridgehead atoms. The van der Waals surface area contributed by atoms with Crippen molar-refractivity contribution in [3.63, 3.8) is 0 Å². The van der Waals surface area contributed by atoms with E-state index < -0.39 is 0 Å². The molecule has 1 aromatic rings. The molecule has 0 amide bonds. The average molecular weight is 231 g/mol. The molecule has 1 N–H and O–H groups in total. The molecule has 1 aromatic carbocycles. The Bertz CT molecular complexity index is 408. The smallest absolute Gasteiger partial charge is 0.122 e. The Kier molecular flexibility index (Phi) is 3.06. The normalized spacial score (nSPS) is 22.8. The van der Waals surface area contributed by atoms with E-state index in [9.17, 15) is 0 Å². The highest BCUT2D eigenvalue weighted by Crippen LogP contribution is 2.34. The van der Waals surface area contributed by atoms with Crippen molar-refractivity contribution in [2.24, 2.45) is 0 Å². The zero-order chi connectivity index (χ0) is 11.7. The van der Waals surface area contributed by atoms with Crippen molar-refractivity contribution < 1.29 is 4.74 Å². The van der Waals surface area contributed by atoms with Gasteiger partial charge in [-0.25, -0.2) is 0 Å². The van der Waals surface area contributed by atoms with Crippen molar-refractivity contribution >= 4 is 0 Å². The van der Waals surface area contributed by atoms with Crippen LogP contribution in [0.25, 0.3) is 0 Å². The summed E-state index contributed by atoms with van der Waals surface area (Å²) in [6.45, 7) is 1.20. The largest absolute Gasteiger partial charge is 0.496 e. The number of nitrogens with one attached hydrogen (secondary N) is 1. The monoisotopic (exact) mass is 231 g/mol. The molecule has 1 aliphatic heterocycles. The fourth-order valence-electron chi connectivity index (χ4n) is 3.33. The summed E-state index contributed by atoms with van der Waals surface area (Å²) < 4.78 is 5.47. The summed E-state index contributed by atoms with van der Waals surface area (Å²) in [6.07, 6.45) is 7.61. The second-order valence-electron chi connectivity index (χ2n) is 5.24. The van der Waals surface area contributed by atoms with E-state index >= 15 is 0 Å². The third-order valence-electron chi connectivity index (χ3n) is 4.19. The fraction of sp³-hybridized carbons (Fsp3) is 0.600. The standard InChI is InChI=1S/C15H21NO/c1-17-15-8-7-11(10-12-4-3-9-16-12)13-5-2-6-14(13)15/h7-8,12,16H,2-6,9-10H2,1H3. The van der Waals surface area contributed by atoms with Crippen molar-refractivity contribution in [3.8, 4) is 5.75 Å². The number of rotatable bonds is 3.